The maximum absolute atomic E-state index is 4.59. The summed E-state index contributed by atoms with van der Waals surface area (Å²) < 4.78 is 0. The Labute approximate surface area is 101 Å². The molecule has 17 heavy (non-hydrogen) atoms. The maximum Gasteiger partial charge on any atom is 0.177 e. The van der Waals surface area contributed by atoms with E-state index in [2.05, 4.69) is 33.3 Å². The molecule has 1 aliphatic rings. The van der Waals surface area contributed by atoms with Gasteiger partial charge in [-0.15, -0.1) is 0 Å². The number of rotatable bonds is 1. The Bertz CT molecular complexity index is 509. The standard InChI is InChI=1S/C13H18N4/c1-9-7-11-12(15-8-9)17-13(16-11)10-5-3-2-4-6-14-10/h7-8,10,14H,2-6H2,1H3,(H,15,16,17). The smallest absolute Gasteiger partial charge is 0.177 e. The van der Waals surface area contributed by atoms with Crippen molar-refractivity contribution in [3.8, 4) is 0 Å². The average Bonchev–Trinajstić information content (AvgIpc) is 2.57. The number of imidazole rings is 1. The van der Waals surface area contributed by atoms with Crippen LogP contribution in [0.1, 0.15) is 43.1 Å². The predicted octanol–water partition coefficient (Wildman–Crippen LogP) is 2.47. The van der Waals surface area contributed by atoms with Gasteiger partial charge in [0.25, 0.3) is 0 Å². The molecule has 0 spiro atoms. The molecule has 1 aliphatic heterocycles. The molecule has 2 aromatic rings. The van der Waals surface area contributed by atoms with E-state index in [1.165, 1.54) is 31.2 Å². The molecule has 4 heteroatoms. The van der Waals surface area contributed by atoms with Crippen molar-refractivity contribution in [3.63, 3.8) is 0 Å². The molecule has 0 radical (unpaired) electrons. The van der Waals surface area contributed by atoms with Crippen molar-refractivity contribution in [1.82, 2.24) is 20.3 Å². The first-order chi connectivity index (χ1) is 8.33. The Hall–Kier alpha value is -1.42. The van der Waals surface area contributed by atoms with Crippen LogP contribution in [0.5, 0.6) is 0 Å². The van der Waals surface area contributed by atoms with E-state index >= 15 is 0 Å². The van der Waals surface area contributed by atoms with E-state index < -0.39 is 0 Å². The summed E-state index contributed by atoms with van der Waals surface area (Å²) in [6, 6.07) is 2.47. The van der Waals surface area contributed by atoms with E-state index in [4.69, 9.17) is 0 Å². The number of aryl methyl sites for hydroxylation is 1. The van der Waals surface area contributed by atoms with Crippen LogP contribution in [0, 0.1) is 6.92 Å². The van der Waals surface area contributed by atoms with Crippen molar-refractivity contribution in [3.05, 3.63) is 23.7 Å². The van der Waals surface area contributed by atoms with Crippen molar-refractivity contribution in [2.45, 2.75) is 38.6 Å². The van der Waals surface area contributed by atoms with E-state index in [9.17, 15) is 0 Å². The van der Waals surface area contributed by atoms with Crippen LogP contribution in [0.25, 0.3) is 11.2 Å². The Morgan fingerprint density at radius 3 is 3.18 bits per heavy atom. The zero-order valence-corrected chi connectivity index (χ0v) is 10.2. The number of aromatic nitrogens is 3. The molecule has 0 amide bonds. The van der Waals surface area contributed by atoms with Gasteiger partial charge in [-0.1, -0.05) is 12.8 Å². The summed E-state index contributed by atoms with van der Waals surface area (Å²) in [6.45, 7) is 3.14. The highest BCUT2D eigenvalue weighted by molar-refractivity contribution is 5.71. The molecule has 1 fully saturated rings. The normalized spacial score (nSPS) is 21.6. The number of H-pyrrole nitrogens is 1. The number of nitrogens with one attached hydrogen (secondary N) is 2. The van der Waals surface area contributed by atoms with Crippen molar-refractivity contribution >= 4 is 11.2 Å². The summed E-state index contributed by atoms with van der Waals surface area (Å²) in [4.78, 5) is 12.3. The zero-order chi connectivity index (χ0) is 11.7. The molecule has 90 valence electrons. The Morgan fingerprint density at radius 2 is 2.24 bits per heavy atom. The molecule has 1 unspecified atom stereocenters. The van der Waals surface area contributed by atoms with Crippen molar-refractivity contribution in [2.75, 3.05) is 6.54 Å². The molecular formula is C13H18N4. The largest absolute Gasteiger partial charge is 0.339 e. The van der Waals surface area contributed by atoms with Gasteiger partial charge < -0.3 is 10.3 Å². The minimum atomic E-state index is 0.368. The molecule has 0 saturated carbocycles. The van der Waals surface area contributed by atoms with E-state index in [1.54, 1.807) is 0 Å². The van der Waals surface area contributed by atoms with Crippen LogP contribution in [0.15, 0.2) is 12.3 Å². The molecule has 3 heterocycles. The maximum atomic E-state index is 4.59. The lowest BCUT2D eigenvalue weighted by molar-refractivity contribution is 0.513. The van der Waals surface area contributed by atoms with E-state index in [0.717, 1.165) is 23.5 Å². The van der Waals surface area contributed by atoms with Crippen LogP contribution >= 0.6 is 0 Å². The van der Waals surface area contributed by atoms with Crippen LogP contribution in [-0.4, -0.2) is 21.5 Å². The van der Waals surface area contributed by atoms with Crippen LogP contribution in [0.3, 0.4) is 0 Å². The fraction of sp³-hybridized carbons (Fsp3) is 0.538. The monoisotopic (exact) mass is 230 g/mol. The molecular weight excluding hydrogens is 212 g/mol. The average molecular weight is 230 g/mol. The van der Waals surface area contributed by atoms with Gasteiger partial charge in [0, 0.05) is 6.20 Å². The second-order valence-corrected chi connectivity index (χ2v) is 4.86. The minimum absolute atomic E-state index is 0.368. The number of fused-ring (bicyclic) bond motifs is 1. The molecule has 0 aliphatic carbocycles. The van der Waals surface area contributed by atoms with Crippen molar-refractivity contribution < 1.29 is 0 Å². The van der Waals surface area contributed by atoms with Crippen LogP contribution in [0.2, 0.25) is 0 Å². The molecule has 2 aromatic heterocycles. The second-order valence-electron chi connectivity index (χ2n) is 4.86. The van der Waals surface area contributed by atoms with Gasteiger partial charge in [0.05, 0.1) is 11.6 Å². The first-order valence-electron chi connectivity index (χ1n) is 6.38. The fourth-order valence-corrected chi connectivity index (χ4v) is 2.45. The molecule has 2 N–H and O–H groups in total. The lowest BCUT2D eigenvalue weighted by Crippen LogP contribution is -2.21. The highest BCUT2D eigenvalue weighted by Crippen LogP contribution is 2.22. The molecule has 3 rings (SSSR count). The third kappa shape index (κ3) is 2.17. The Morgan fingerprint density at radius 1 is 1.29 bits per heavy atom. The Balaban J connectivity index is 1.93. The molecule has 4 nitrogen and oxygen atoms in total. The van der Waals surface area contributed by atoms with Gasteiger partial charge in [-0.3, -0.25) is 0 Å². The fourth-order valence-electron chi connectivity index (χ4n) is 2.45. The molecule has 0 bridgehead atoms. The van der Waals surface area contributed by atoms with Gasteiger partial charge in [-0.2, -0.15) is 0 Å². The third-order valence-electron chi connectivity index (χ3n) is 3.38. The van der Waals surface area contributed by atoms with Gasteiger partial charge in [0.1, 0.15) is 5.82 Å². The summed E-state index contributed by atoms with van der Waals surface area (Å²) in [5.41, 5.74) is 3.05. The number of nitrogens with zero attached hydrogens (tertiary/aromatic N) is 2. The van der Waals surface area contributed by atoms with Gasteiger partial charge in [0.2, 0.25) is 0 Å². The van der Waals surface area contributed by atoms with Gasteiger partial charge >= 0.3 is 0 Å². The van der Waals surface area contributed by atoms with Crippen LogP contribution in [0.4, 0.5) is 0 Å². The predicted molar refractivity (Wildman–Crippen MR) is 67.8 cm³/mol. The van der Waals surface area contributed by atoms with Gasteiger partial charge in [-0.05, 0) is 37.9 Å². The summed E-state index contributed by atoms with van der Waals surface area (Å²) in [5.74, 6) is 1.04. The quantitative estimate of drug-likeness (QED) is 0.791. The van der Waals surface area contributed by atoms with Gasteiger partial charge in [-0.25, -0.2) is 9.97 Å². The Kier molecular flexibility index (Phi) is 2.81. The highest BCUT2D eigenvalue weighted by Gasteiger charge is 2.17. The van der Waals surface area contributed by atoms with Crippen LogP contribution in [-0.2, 0) is 0 Å². The summed E-state index contributed by atoms with van der Waals surface area (Å²) in [5, 5.41) is 3.55. The van der Waals surface area contributed by atoms with E-state index in [1.807, 2.05) is 6.20 Å². The number of pyridine rings is 1. The first-order valence-corrected chi connectivity index (χ1v) is 6.38. The second kappa shape index (κ2) is 4.45. The molecule has 0 aromatic carbocycles. The molecule has 1 saturated heterocycles. The number of hydrogen-bond acceptors (Lipinski definition) is 3. The van der Waals surface area contributed by atoms with E-state index in [0.29, 0.717) is 6.04 Å². The van der Waals surface area contributed by atoms with Crippen LogP contribution < -0.4 is 5.32 Å². The zero-order valence-electron chi connectivity index (χ0n) is 10.2. The van der Waals surface area contributed by atoms with Gasteiger partial charge in [0.15, 0.2) is 5.65 Å². The third-order valence-corrected chi connectivity index (χ3v) is 3.38. The SMILES string of the molecule is Cc1cnc2nc(C3CCCCCN3)[nH]c2c1. The number of aromatic amines is 1. The number of hydrogen-bond donors (Lipinski definition) is 2. The van der Waals surface area contributed by atoms with E-state index in [-0.39, 0.29) is 0 Å². The highest BCUT2D eigenvalue weighted by atomic mass is 15.1. The summed E-state index contributed by atoms with van der Waals surface area (Å²) in [7, 11) is 0. The summed E-state index contributed by atoms with van der Waals surface area (Å²) >= 11 is 0. The lowest BCUT2D eigenvalue weighted by Gasteiger charge is -2.11. The molecule has 1 atom stereocenters. The lowest BCUT2D eigenvalue weighted by atomic mass is 10.1. The van der Waals surface area contributed by atoms with Crippen molar-refractivity contribution in [1.29, 1.82) is 0 Å². The topological polar surface area (TPSA) is 53.6 Å². The summed E-state index contributed by atoms with van der Waals surface area (Å²) in [6.07, 6.45) is 6.91. The first kappa shape index (κ1) is 10.7. The van der Waals surface area contributed by atoms with Crippen molar-refractivity contribution in [2.24, 2.45) is 0 Å². The minimum Gasteiger partial charge on any atom is -0.339 e.